The molecule has 1 aromatic carbocycles. The fraction of sp³-hybridized carbons (Fsp3) is 0.571. The normalized spacial score (nSPS) is 21.2. The lowest BCUT2D eigenvalue weighted by Crippen LogP contribution is -2.33. The minimum Gasteiger partial charge on any atom is -0.385 e. The zero-order valence-corrected chi connectivity index (χ0v) is 11.6. The third-order valence-corrected chi connectivity index (χ3v) is 4.72. The number of benzene rings is 1. The number of hydrogen-bond donors (Lipinski definition) is 1. The van der Waals surface area contributed by atoms with Crippen LogP contribution in [0.5, 0.6) is 0 Å². The number of halogens is 2. The van der Waals surface area contributed by atoms with Crippen LogP contribution in [0.1, 0.15) is 44.6 Å². The van der Waals surface area contributed by atoms with Crippen molar-refractivity contribution >= 4 is 23.2 Å². The molecule has 0 aromatic heterocycles. The summed E-state index contributed by atoms with van der Waals surface area (Å²) in [5, 5.41) is 11.8. The second-order valence-electron chi connectivity index (χ2n) is 5.08. The molecule has 0 spiro atoms. The van der Waals surface area contributed by atoms with Gasteiger partial charge in [0, 0.05) is 5.56 Å². The summed E-state index contributed by atoms with van der Waals surface area (Å²) in [4.78, 5) is 0. The molecule has 1 unspecified atom stereocenters. The van der Waals surface area contributed by atoms with E-state index in [1.165, 1.54) is 19.3 Å². The van der Waals surface area contributed by atoms with Crippen LogP contribution in [0.4, 0.5) is 0 Å². The van der Waals surface area contributed by atoms with Crippen LogP contribution >= 0.6 is 23.2 Å². The summed E-state index contributed by atoms with van der Waals surface area (Å²) in [6.07, 6.45) is 5.79. The molecular weight excluding hydrogens is 255 g/mol. The summed E-state index contributed by atoms with van der Waals surface area (Å²) in [6, 6.07) is 5.48. The van der Waals surface area contributed by atoms with Crippen molar-refractivity contribution in [3.8, 4) is 0 Å². The molecule has 0 bridgehead atoms. The lowest BCUT2D eigenvalue weighted by molar-refractivity contribution is -0.0214. The van der Waals surface area contributed by atoms with Crippen molar-refractivity contribution in [1.82, 2.24) is 0 Å². The summed E-state index contributed by atoms with van der Waals surface area (Å²) in [5.41, 5.74) is -0.110. The second kappa shape index (κ2) is 5.17. The van der Waals surface area contributed by atoms with Crippen molar-refractivity contribution in [3.63, 3.8) is 0 Å². The fourth-order valence-electron chi connectivity index (χ4n) is 2.78. The average Bonchev–Trinajstić information content (AvgIpc) is 2.33. The average molecular weight is 273 g/mol. The van der Waals surface area contributed by atoms with Crippen LogP contribution in [-0.2, 0) is 5.60 Å². The van der Waals surface area contributed by atoms with Crippen LogP contribution in [0.3, 0.4) is 0 Å². The Morgan fingerprint density at radius 1 is 1.18 bits per heavy atom. The van der Waals surface area contributed by atoms with Gasteiger partial charge in [0.05, 0.1) is 15.6 Å². The van der Waals surface area contributed by atoms with Gasteiger partial charge in [0.15, 0.2) is 0 Å². The third-order valence-electron chi connectivity index (χ3n) is 3.90. The Kier molecular flexibility index (Phi) is 4.02. The maximum atomic E-state index is 10.8. The molecular formula is C14H18Cl2O. The first kappa shape index (κ1) is 13.2. The van der Waals surface area contributed by atoms with E-state index in [0.717, 1.165) is 18.4 Å². The van der Waals surface area contributed by atoms with Gasteiger partial charge in [-0.15, -0.1) is 0 Å². The van der Waals surface area contributed by atoms with Crippen molar-refractivity contribution in [3.05, 3.63) is 33.8 Å². The van der Waals surface area contributed by atoms with Gasteiger partial charge in [-0.1, -0.05) is 54.6 Å². The van der Waals surface area contributed by atoms with E-state index in [9.17, 15) is 5.11 Å². The zero-order valence-electron chi connectivity index (χ0n) is 10.0. The van der Waals surface area contributed by atoms with Crippen LogP contribution in [0.2, 0.25) is 10.0 Å². The highest BCUT2D eigenvalue weighted by Gasteiger charge is 2.36. The number of rotatable bonds is 2. The summed E-state index contributed by atoms with van der Waals surface area (Å²) >= 11 is 12.2. The Balaban J connectivity index is 2.32. The predicted molar refractivity (Wildman–Crippen MR) is 72.6 cm³/mol. The van der Waals surface area contributed by atoms with E-state index < -0.39 is 5.60 Å². The summed E-state index contributed by atoms with van der Waals surface area (Å²) < 4.78 is 0. The Morgan fingerprint density at radius 2 is 1.82 bits per heavy atom. The van der Waals surface area contributed by atoms with Crippen LogP contribution < -0.4 is 0 Å². The first-order valence-corrected chi connectivity index (χ1v) is 6.96. The summed E-state index contributed by atoms with van der Waals surface area (Å²) in [7, 11) is 0. The number of aliphatic hydroxyl groups is 1. The quantitative estimate of drug-likeness (QED) is 0.822. The third kappa shape index (κ3) is 2.62. The van der Waals surface area contributed by atoms with E-state index in [-0.39, 0.29) is 5.92 Å². The topological polar surface area (TPSA) is 20.2 Å². The van der Waals surface area contributed by atoms with E-state index in [2.05, 4.69) is 0 Å². The van der Waals surface area contributed by atoms with Crippen molar-refractivity contribution in [1.29, 1.82) is 0 Å². The first-order valence-electron chi connectivity index (χ1n) is 6.20. The minimum absolute atomic E-state index is 0.284. The molecule has 3 heteroatoms. The molecule has 1 N–H and O–H groups in total. The monoisotopic (exact) mass is 272 g/mol. The Labute approximate surface area is 113 Å². The van der Waals surface area contributed by atoms with Crippen molar-refractivity contribution in [2.45, 2.75) is 44.6 Å². The first-order chi connectivity index (χ1) is 8.03. The van der Waals surface area contributed by atoms with Crippen molar-refractivity contribution < 1.29 is 5.11 Å². The molecule has 94 valence electrons. The molecule has 1 aliphatic rings. The van der Waals surface area contributed by atoms with Gasteiger partial charge in [0.1, 0.15) is 0 Å². The molecule has 1 nitrogen and oxygen atoms in total. The summed E-state index contributed by atoms with van der Waals surface area (Å²) in [6.45, 7) is 1.86. The van der Waals surface area contributed by atoms with Gasteiger partial charge in [-0.05, 0) is 31.7 Å². The van der Waals surface area contributed by atoms with Gasteiger partial charge in [-0.3, -0.25) is 0 Å². The molecule has 1 aliphatic carbocycles. The van der Waals surface area contributed by atoms with E-state index in [4.69, 9.17) is 23.2 Å². The highest BCUT2D eigenvalue weighted by Crippen LogP contribution is 2.42. The molecule has 0 aliphatic heterocycles. The molecule has 0 amide bonds. The van der Waals surface area contributed by atoms with Gasteiger partial charge in [0.25, 0.3) is 0 Å². The highest BCUT2D eigenvalue weighted by molar-refractivity contribution is 6.42. The minimum atomic E-state index is -0.873. The van der Waals surface area contributed by atoms with E-state index in [0.29, 0.717) is 10.0 Å². The Bertz CT molecular complexity index is 395. The lowest BCUT2D eigenvalue weighted by Gasteiger charge is -2.36. The van der Waals surface area contributed by atoms with Gasteiger partial charge in [-0.2, -0.15) is 0 Å². The summed E-state index contributed by atoms with van der Waals surface area (Å²) in [5.74, 6) is 0.284. The molecule has 1 aromatic rings. The molecule has 0 saturated heterocycles. The van der Waals surface area contributed by atoms with Gasteiger partial charge < -0.3 is 5.11 Å². The van der Waals surface area contributed by atoms with E-state index >= 15 is 0 Å². The maximum absolute atomic E-state index is 10.8. The molecule has 17 heavy (non-hydrogen) atoms. The van der Waals surface area contributed by atoms with Crippen molar-refractivity contribution in [2.75, 3.05) is 0 Å². The van der Waals surface area contributed by atoms with Crippen molar-refractivity contribution in [2.24, 2.45) is 5.92 Å². The standard InChI is InChI=1S/C14H18Cl2O/c1-14(17,10-6-3-2-4-7-10)11-8-5-9-12(15)13(11)16/h5,8-10,17H,2-4,6-7H2,1H3. The predicted octanol–water partition coefficient (Wildman–Crippen LogP) is 4.78. The van der Waals surface area contributed by atoms with Crippen LogP contribution in [0.15, 0.2) is 18.2 Å². The van der Waals surface area contributed by atoms with Crippen LogP contribution in [0, 0.1) is 5.92 Å². The zero-order chi connectivity index (χ0) is 12.5. The Morgan fingerprint density at radius 3 is 2.47 bits per heavy atom. The van der Waals surface area contributed by atoms with Gasteiger partial charge in [0.2, 0.25) is 0 Å². The van der Waals surface area contributed by atoms with E-state index in [1.807, 2.05) is 19.1 Å². The Hall–Kier alpha value is -0.240. The van der Waals surface area contributed by atoms with Gasteiger partial charge in [-0.25, -0.2) is 0 Å². The molecule has 2 rings (SSSR count). The fourth-order valence-corrected chi connectivity index (χ4v) is 3.27. The smallest absolute Gasteiger partial charge is 0.0911 e. The highest BCUT2D eigenvalue weighted by atomic mass is 35.5. The molecule has 1 fully saturated rings. The maximum Gasteiger partial charge on any atom is 0.0911 e. The lowest BCUT2D eigenvalue weighted by atomic mass is 9.74. The molecule has 0 heterocycles. The van der Waals surface area contributed by atoms with E-state index in [1.54, 1.807) is 6.07 Å². The van der Waals surface area contributed by atoms with Crippen LogP contribution in [-0.4, -0.2) is 5.11 Å². The van der Waals surface area contributed by atoms with Crippen LogP contribution in [0.25, 0.3) is 0 Å². The van der Waals surface area contributed by atoms with Gasteiger partial charge >= 0.3 is 0 Å². The molecule has 1 saturated carbocycles. The number of hydrogen-bond acceptors (Lipinski definition) is 1. The molecule has 1 atom stereocenters. The molecule has 0 radical (unpaired) electrons. The second-order valence-corrected chi connectivity index (χ2v) is 5.87. The SMILES string of the molecule is CC(O)(c1cccc(Cl)c1Cl)C1CCCCC1. The largest absolute Gasteiger partial charge is 0.385 e.